The standard InChI is InChI=1S/C22H34N4O3/c1-17(2)11-24-20(27)19-13-25(12-18-7-5-4-6-8-18)14-22(19)15-26(16-22)21(28)23-9-10-29-3/h4-8,17,19H,9-16H2,1-3H3,(H,23,28)(H,24,27). The summed E-state index contributed by atoms with van der Waals surface area (Å²) in [5.74, 6) is 0.447. The minimum Gasteiger partial charge on any atom is -0.383 e. The molecule has 1 spiro atoms. The Morgan fingerprint density at radius 3 is 2.55 bits per heavy atom. The zero-order chi connectivity index (χ0) is 20.9. The van der Waals surface area contributed by atoms with E-state index in [-0.39, 0.29) is 23.3 Å². The van der Waals surface area contributed by atoms with Gasteiger partial charge in [0.05, 0.1) is 12.5 Å². The highest BCUT2D eigenvalue weighted by molar-refractivity contribution is 5.82. The van der Waals surface area contributed by atoms with Gasteiger partial charge in [0.25, 0.3) is 0 Å². The molecule has 160 valence electrons. The molecule has 2 aliphatic heterocycles. The second-order valence-electron chi connectivity index (χ2n) is 8.79. The van der Waals surface area contributed by atoms with Crippen molar-refractivity contribution in [2.75, 3.05) is 53.0 Å². The Bertz CT molecular complexity index is 689. The molecular formula is C22H34N4O3. The summed E-state index contributed by atoms with van der Waals surface area (Å²) in [5, 5.41) is 5.99. The third-order valence-electron chi connectivity index (χ3n) is 5.85. The summed E-state index contributed by atoms with van der Waals surface area (Å²) in [5.41, 5.74) is 1.09. The van der Waals surface area contributed by atoms with Gasteiger partial charge in [0, 0.05) is 58.3 Å². The van der Waals surface area contributed by atoms with Crippen LogP contribution in [0.15, 0.2) is 30.3 Å². The highest BCUT2D eigenvalue weighted by atomic mass is 16.5. The van der Waals surface area contributed by atoms with Crippen molar-refractivity contribution in [3.05, 3.63) is 35.9 Å². The maximum Gasteiger partial charge on any atom is 0.317 e. The third-order valence-corrected chi connectivity index (χ3v) is 5.85. The van der Waals surface area contributed by atoms with Crippen LogP contribution in [-0.2, 0) is 16.1 Å². The van der Waals surface area contributed by atoms with E-state index in [0.29, 0.717) is 38.7 Å². The largest absolute Gasteiger partial charge is 0.383 e. The molecule has 2 saturated heterocycles. The van der Waals surface area contributed by atoms with E-state index in [0.717, 1.165) is 19.6 Å². The summed E-state index contributed by atoms with van der Waals surface area (Å²) in [7, 11) is 1.62. The third kappa shape index (κ3) is 5.28. The number of rotatable bonds is 8. The average Bonchev–Trinajstić information content (AvgIpc) is 3.05. The van der Waals surface area contributed by atoms with E-state index >= 15 is 0 Å². The first kappa shape index (κ1) is 21.6. The molecule has 2 fully saturated rings. The van der Waals surface area contributed by atoms with Gasteiger partial charge in [-0.1, -0.05) is 44.2 Å². The van der Waals surface area contributed by atoms with Gasteiger partial charge < -0.3 is 20.3 Å². The van der Waals surface area contributed by atoms with E-state index in [1.54, 1.807) is 7.11 Å². The Hall–Kier alpha value is -2.12. The fourth-order valence-corrected chi connectivity index (χ4v) is 4.37. The number of carbonyl (C=O) groups is 2. The number of carbonyl (C=O) groups excluding carboxylic acids is 2. The molecule has 0 bridgehead atoms. The Balaban J connectivity index is 1.64. The molecular weight excluding hydrogens is 368 g/mol. The zero-order valence-corrected chi connectivity index (χ0v) is 17.8. The minimum absolute atomic E-state index is 0.0736. The van der Waals surface area contributed by atoms with Gasteiger partial charge in [-0.2, -0.15) is 0 Å². The first-order chi connectivity index (χ1) is 13.9. The predicted octanol–water partition coefficient (Wildman–Crippen LogP) is 1.55. The van der Waals surface area contributed by atoms with Gasteiger partial charge in [-0.05, 0) is 11.5 Å². The molecule has 0 radical (unpaired) electrons. The van der Waals surface area contributed by atoms with Gasteiger partial charge in [-0.15, -0.1) is 0 Å². The van der Waals surface area contributed by atoms with Crippen molar-refractivity contribution in [3.8, 4) is 0 Å². The molecule has 1 atom stereocenters. The Kier molecular flexibility index (Phi) is 7.14. The minimum atomic E-state index is -0.158. The molecule has 2 N–H and O–H groups in total. The van der Waals surface area contributed by atoms with Crippen LogP contribution in [0.2, 0.25) is 0 Å². The van der Waals surface area contributed by atoms with Crippen molar-refractivity contribution in [3.63, 3.8) is 0 Å². The molecule has 0 aliphatic carbocycles. The molecule has 3 rings (SSSR count). The molecule has 2 aliphatic rings. The fraction of sp³-hybridized carbons (Fsp3) is 0.636. The lowest BCUT2D eigenvalue weighted by molar-refractivity contribution is -0.131. The number of nitrogens with one attached hydrogen (secondary N) is 2. The number of hydrogen-bond donors (Lipinski definition) is 2. The zero-order valence-electron chi connectivity index (χ0n) is 17.8. The van der Waals surface area contributed by atoms with Gasteiger partial charge in [0.15, 0.2) is 0 Å². The van der Waals surface area contributed by atoms with E-state index in [1.165, 1.54) is 5.56 Å². The highest BCUT2D eigenvalue weighted by Crippen LogP contribution is 2.44. The van der Waals surface area contributed by atoms with Crippen LogP contribution in [0.1, 0.15) is 19.4 Å². The van der Waals surface area contributed by atoms with Crippen molar-refractivity contribution < 1.29 is 14.3 Å². The van der Waals surface area contributed by atoms with Gasteiger partial charge in [0.1, 0.15) is 0 Å². The van der Waals surface area contributed by atoms with E-state index in [1.807, 2.05) is 23.1 Å². The monoisotopic (exact) mass is 402 g/mol. The number of hydrogen-bond acceptors (Lipinski definition) is 4. The molecule has 1 aromatic carbocycles. The summed E-state index contributed by atoms with van der Waals surface area (Å²) in [4.78, 5) is 29.5. The molecule has 0 aromatic heterocycles. The maximum atomic E-state index is 13.0. The van der Waals surface area contributed by atoms with Crippen molar-refractivity contribution >= 4 is 11.9 Å². The van der Waals surface area contributed by atoms with Gasteiger partial charge in [-0.3, -0.25) is 9.69 Å². The van der Waals surface area contributed by atoms with Crippen LogP contribution in [-0.4, -0.2) is 74.7 Å². The lowest BCUT2D eigenvalue weighted by Gasteiger charge is -2.50. The molecule has 7 heteroatoms. The van der Waals surface area contributed by atoms with Crippen LogP contribution in [0.25, 0.3) is 0 Å². The molecule has 0 saturated carbocycles. The highest BCUT2D eigenvalue weighted by Gasteiger charge is 2.57. The molecule has 1 unspecified atom stereocenters. The quantitative estimate of drug-likeness (QED) is 0.647. The Morgan fingerprint density at radius 1 is 1.17 bits per heavy atom. The second kappa shape index (κ2) is 9.59. The van der Waals surface area contributed by atoms with Gasteiger partial charge in [0.2, 0.25) is 5.91 Å². The van der Waals surface area contributed by atoms with Crippen LogP contribution in [0.3, 0.4) is 0 Å². The van der Waals surface area contributed by atoms with E-state index < -0.39 is 0 Å². The maximum absolute atomic E-state index is 13.0. The number of amides is 3. The van der Waals surface area contributed by atoms with Crippen LogP contribution in [0, 0.1) is 17.3 Å². The van der Waals surface area contributed by atoms with Crippen LogP contribution in [0.4, 0.5) is 4.79 Å². The number of likely N-dealkylation sites (tertiary alicyclic amines) is 2. The summed E-state index contributed by atoms with van der Waals surface area (Å²) >= 11 is 0. The van der Waals surface area contributed by atoms with Gasteiger partial charge in [-0.25, -0.2) is 4.79 Å². The van der Waals surface area contributed by atoms with Crippen molar-refractivity contribution in [1.29, 1.82) is 0 Å². The van der Waals surface area contributed by atoms with Crippen LogP contribution < -0.4 is 10.6 Å². The molecule has 2 heterocycles. The lowest BCUT2D eigenvalue weighted by atomic mass is 9.71. The Labute approximate surface area is 173 Å². The van der Waals surface area contributed by atoms with Crippen LogP contribution >= 0.6 is 0 Å². The second-order valence-corrected chi connectivity index (χ2v) is 8.79. The molecule has 3 amide bonds. The van der Waals surface area contributed by atoms with Gasteiger partial charge >= 0.3 is 6.03 Å². The average molecular weight is 403 g/mol. The smallest absolute Gasteiger partial charge is 0.317 e. The number of ether oxygens (including phenoxy) is 1. The summed E-state index contributed by atoms with van der Waals surface area (Å²) in [6.07, 6.45) is 0. The van der Waals surface area contributed by atoms with E-state index in [4.69, 9.17) is 4.74 Å². The molecule has 29 heavy (non-hydrogen) atoms. The molecule has 1 aromatic rings. The van der Waals surface area contributed by atoms with E-state index in [9.17, 15) is 9.59 Å². The first-order valence-corrected chi connectivity index (χ1v) is 10.5. The van der Waals surface area contributed by atoms with Crippen molar-refractivity contribution in [2.24, 2.45) is 17.3 Å². The number of nitrogens with zero attached hydrogens (tertiary/aromatic N) is 2. The fourth-order valence-electron chi connectivity index (χ4n) is 4.37. The Morgan fingerprint density at radius 2 is 1.90 bits per heavy atom. The summed E-state index contributed by atoms with van der Waals surface area (Å²) in [6, 6.07) is 10.3. The number of benzene rings is 1. The van der Waals surface area contributed by atoms with Crippen LogP contribution in [0.5, 0.6) is 0 Å². The number of urea groups is 1. The summed E-state index contributed by atoms with van der Waals surface area (Å²) < 4.78 is 4.99. The summed E-state index contributed by atoms with van der Waals surface area (Å²) in [6.45, 7) is 9.52. The lowest BCUT2D eigenvalue weighted by Crippen LogP contribution is -2.65. The predicted molar refractivity (Wildman–Crippen MR) is 112 cm³/mol. The molecule has 7 nitrogen and oxygen atoms in total. The topological polar surface area (TPSA) is 73.9 Å². The first-order valence-electron chi connectivity index (χ1n) is 10.5. The SMILES string of the molecule is COCCNC(=O)N1CC2(CN(Cc3ccccc3)CC2C(=O)NCC(C)C)C1. The van der Waals surface area contributed by atoms with E-state index in [2.05, 4.69) is 41.5 Å². The van der Waals surface area contributed by atoms with Crippen molar-refractivity contribution in [1.82, 2.24) is 20.4 Å². The number of methoxy groups -OCH3 is 1. The van der Waals surface area contributed by atoms with Crippen molar-refractivity contribution in [2.45, 2.75) is 20.4 Å². The normalized spacial score (nSPS) is 20.7.